The lowest BCUT2D eigenvalue weighted by molar-refractivity contribution is -0.157. The van der Waals surface area contributed by atoms with Crippen molar-refractivity contribution in [1.29, 1.82) is 0 Å². The third-order valence-corrected chi connectivity index (χ3v) is 2.52. The van der Waals surface area contributed by atoms with E-state index in [1.165, 1.54) is 19.3 Å². The molecule has 1 fully saturated rings. The molecule has 3 heteroatoms. The molecule has 0 N–H and O–H groups in total. The Kier molecular flexibility index (Phi) is 4.63. The zero-order valence-electron chi connectivity index (χ0n) is 8.62. The van der Waals surface area contributed by atoms with Crippen molar-refractivity contribution in [2.75, 3.05) is 0 Å². The second kappa shape index (κ2) is 5.78. The number of hydrogen-bond donors (Lipinski definition) is 0. The third-order valence-electron chi connectivity index (χ3n) is 2.52. The van der Waals surface area contributed by atoms with Crippen LogP contribution in [0, 0.1) is 12.3 Å². The van der Waals surface area contributed by atoms with Crippen LogP contribution in [0.25, 0.3) is 0 Å². The molecule has 0 aliphatic heterocycles. The van der Waals surface area contributed by atoms with Crippen LogP contribution in [0.15, 0.2) is 0 Å². The summed E-state index contributed by atoms with van der Waals surface area (Å²) in [6.45, 7) is 1.84. The molecular formula is C11H17O3. The van der Waals surface area contributed by atoms with Crippen LogP contribution in [0.2, 0.25) is 0 Å². The van der Waals surface area contributed by atoms with Crippen molar-refractivity contribution in [2.24, 2.45) is 5.92 Å². The van der Waals surface area contributed by atoms with Gasteiger partial charge in [0.25, 0.3) is 0 Å². The summed E-state index contributed by atoms with van der Waals surface area (Å²) in [6, 6.07) is 0. The van der Waals surface area contributed by atoms with E-state index in [-0.39, 0.29) is 5.97 Å². The molecule has 1 radical (unpaired) electrons. The van der Waals surface area contributed by atoms with Crippen molar-refractivity contribution in [3.05, 3.63) is 6.42 Å². The van der Waals surface area contributed by atoms with Crippen LogP contribution in [0.4, 0.5) is 0 Å². The molecule has 0 saturated heterocycles. The highest BCUT2D eigenvalue weighted by atomic mass is 16.6. The highest BCUT2D eigenvalue weighted by Crippen LogP contribution is 2.27. The fourth-order valence-electron chi connectivity index (χ4n) is 1.81. The van der Waals surface area contributed by atoms with E-state index in [2.05, 4.69) is 4.74 Å². The van der Waals surface area contributed by atoms with Gasteiger partial charge in [-0.2, -0.15) is 0 Å². The third kappa shape index (κ3) is 3.90. The Balaban J connectivity index is 2.17. The van der Waals surface area contributed by atoms with Crippen LogP contribution in [0.5, 0.6) is 0 Å². The molecule has 1 rings (SSSR count). The van der Waals surface area contributed by atoms with Gasteiger partial charge in [-0.15, -0.1) is 0 Å². The molecule has 0 spiro atoms. The first-order valence-corrected chi connectivity index (χ1v) is 5.30. The number of carbonyl (C=O) groups excluding carboxylic acids is 2. The summed E-state index contributed by atoms with van der Waals surface area (Å²) in [5.74, 6) is -0.431. The van der Waals surface area contributed by atoms with E-state index < -0.39 is 5.97 Å². The molecule has 0 aromatic rings. The summed E-state index contributed by atoms with van der Waals surface area (Å²) in [6.07, 6.45) is 6.99. The SMILES string of the molecule is CC[CH]C(=O)OC(=O)CC1CCCC1. The second-order valence-electron chi connectivity index (χ2n) is 3.76. The van der Waals surface area contributed by atoms with E-state index in [0.29, 0.717) is 18.8 Å². The van der Waals surface area contributed by atoms with Crippen LogP contribution in [-0.4, -0.2) is 11.9 Å². The smallest absolute Gasteiger partial charge is 0.317 e. The topological polar surface area (TPSA) is 43.4 Å². The Morgan fingerprint density at radius 3 is 2.57 bits per heavy atom. The van der Waals surface area contributed by atoms with E-state index >= 15 is 0 Å². The van der Waals surface area contributed by atoms with E-state index in [0.717, 1.165) is 12.8 Å². The normalized spacial score (nSPS) is 16.9. The maximum absolute atomic E-state index is 11.2. The van der Waals surface area contributed by atoms with Crippen molar-refractivity contribution in [2.45, 2.75) is 45.4 Å². The van der Waals surface area contributed by atoms with Gasteiger partial charge in [0.05, 0.1) is 6.42 Å². The molecule has 0 aromatic heterocycles. The van der Waals surface area contributed by atoms with Gasteiger partial charge in [0, 0.05) is 6.42 Å². The van der Waals surface area contributed by atoms with Crippen molar-refractivity contribution >= 4 is 11.9 Å². The van der Waals surface area contributed by atoms with Crippen LogP contribution in [-0.2, 0) is 14.3 Å². The Labute approximate surface area is 84.8 Å². The molecule has 0 bridgehead atoms. The van der Waals surface area contributed by atoms with Gasteiger partial charge in [0.2, 0.25) is 0 Å². The summed E-state index contributed by atoms with van der Waals surface area (Å²) in [5.41, 5.74) is 0. The zero-order chi connectivity index (χ0) is 10.4. The molecule has 0 heterocycles. The zero-order valence-corrected chi connectivity index (χ0v) is 8.62. The number of ether oxygens (including phenoxy) is 1. The van der Waals surface area contributed by atoms with Gasteiger partial charge in [-0.25, -0.2) is 0 Å². The molecular weight excluding hydrogens is 180 g/mol. The molecule has 0 aromatic carbocycles. The highest BCUT2D eigenvalue weighted by Gasteiger charge is 2.20. The first kappa shape index (κ1) is 11.2. The van der Waals surface area contributed by atoms with Crippen LogP contribution >= 0.6 is 0 Å². The average Bonchev–Trinajstić information content (AvgIpc) is 2.56. The minimum Gasteiger partial charge on any atom is -0.393 e. The first-order valence-electron chi connectivity index (χ1n) is 5.30. The van der Waals surface area contributed by atoms with Gasteiger partial charge < -0.3 is 4.74 Å². The fraction of sp³-hybridized carbons (Fsp3) is 0.727. The standard InChI is InChI=1S/C11H17O3/c1-2-5-10(12)14-11(13)8-9-6-3-4-7-9/h5,9H,2-4,6-8H2,1H3. The predicted octanol–water partition coefficient (Wildman–Crippen LogP) is 2.25. The van der Waals surface area contributed by atoms with E-state index in [9.17, 15) is 9.59 Å². The van der Waals surface area contributed by atoms with Crippen molar-refractivity contribution in [3.63, 3.8) is 0 Å². The minimum atomic E-state index is -0.504. The molecule has 79 valence electrons. The molecule has 0 atom stereocenters. The lowest BCUT2D eigenvalue weighted by atomic mass is 10.0. The van der Waals surface area contributed by atoms with Gasteiger partial charge in [0.15, 0.2) is 0 Å². The number of esters is 2. The maximum atomic E-state index is 11.2. The molecule has 3 nitrogen and oxygen atoms in total. The van der Waals surface area contributed by atoms with E-state index in [1.54, 1.807) is 0 Å². The summed E-state index contributed by atoms with van der Waals surface area (Å²) in [4.78, 5) is 22.1. The van der Waals surface area contributed by atoms with Gasteiger partial charge in [0.1, 0.15) is 0 Å². The molecule has 1 aliphatic rings. The lowest BCUT2D eigenvalue weighted by Gasteiger charge is -2.06. The van der Waals surface area contributed by atoms with Crippen LogP contribution in [0.3, 0.4) is 0 Å². The Morgan fingerprint density at radius 2 is 2.00 bits per heavy atom. The quantitative estimate of drug-likeness (QED) is 0.513. The molecule has 1 saturated carbocycles. The molecule has 0 unspecified atom stereocenters. The van der Waals surface area contributed by atoms with E-state index in [1.807, 2.05) is 6.92 Å². The Morgan fingerprint density at radius 1 is 1.36 bits per heavy atom. The minimum absolute atomic E-state index is 0.369. The lowest BCUT2D eigenvalue weighted by Crippen LogP contribution is -2.14. The largest absolute Gasteiger partial charge is 0.393 e. The highest BCUT2D eigenvalue weighted by molar-refractivity contribution is 5.90. The summed E-state index contributed by atoms with van der Waals surface area (Å²) in [7, 11) is 0. The average molecular weight is 197 g/mol. The first-order chi connectivity index (χ1) is 6.72. The predicted molar refractivity (Wildman–Crippen MR) is 52.3 cm³/mol. The van der Waals surface area contributed by atoms with Crippen molar-refractivity contribution in [3.8, 4) is 0 Å². The molecule has 0 amide bonds. The summed E-state index contributed by atoms with van der Waals surface area (Å²) >= 11 is 0. The van der Waals surface area contributed by atoms with Crippen LogP contribution < -0.4 is 0 Å². The summed E-state index contributed by atoms with van der Waals surface area (Å²) < 4.78 is 4.62. The Bertz CT molecular complexity index is 205. The summed E-state index contributed by atoms with van der Waals surface area (Å²) in [5, 5.41) is 0. The molecule has 14 heavy (non-hydrogen) atoms. The fourth-order valence-corrected chi connectivity index (χ4v) is 1.81. The van der Waals surface area contributed by atoms with Gasteiger partial charge >= 0.3 is 11.9 Å². The Hall–Kier alpha value is -0.860. The van der Waals surface area contributed by atoms with Gasteiger partial charge in [-0.05, 0) is 25.2 Å². The van der Waals surface area contributed by atoms with Crippen molar-refractivity contribution < 1.29 is 14.3 Å². The van der Waals surface area contributed by atoms with E-state index in [4.69, 9.17) is 0 Å². The molecule has 1 aliphatic carbocycles. The van der Waals surface area contributed by atoms with Crippen molar-refractivity contribution in [1.82, 2.24) is 0 Å². The number of rotatable bonds is 4. The second-order valence-corrected chi connectivity index (χ2v) is 3.76. The monoisotopic (exact) mass is 197 g/mol. The van der Waals surface area contributed by atoms with Crippen LogP contribution in [0.1, 0.15) is 45.4 Å². The van der Waals surface area contributed by atoms with Gasteiger partial charge in [-0.3, -0.25) is 9.59 Å². The maximum Gasteiger partial charge on any atom is 0.317 e. The van der Waals surface area contributed by atoms with Gasteiger partial charge in [-0.1, -0.05) is 19.8 Å². The number of carbonyl (C=O) groups is 2. The number of hydrogen-bond acceptors (Lipinski definition) is 3.